The van der Waals surface area contributed by atoms with Gasteiger partial charge in [0, 0.05) is 24.3 Å². The van der Waals surface area contributed by atoms with Gasteiger partial charge in [0.1, 0.15) is 12.4 Å². The summed E-state index contributed by atoms with van der Waals surface area (Å²) in [6.07, 6.45) is 1.84. The van der Waals surface area contributed by atoms with Gasteiger partial charge in [0.2, 0.25) is 5.75 Å². The van der Waals surface area contributed by atoms with Crippen LogP contribution in [0.25, 0.3) is 0 Å². The van der Waals surface area contributed by atoms with Gasteiger partial charge in [-0.25, -0.2) is 4.39 Å². The van der Waals surface area contributed by atoms with Gasteiger partial charge in [-0.05, 0) is 55.2 Å². The van der Waals surface area contributed by atoms with Crippen LogP contribution >= 0.6 is 11.6 Å². The molecule has 1 heterocycles. The zero-order chi connectivity index (χ0) is 17.6. The van der Waals surface area contributed by atoms with Gasteiger partial charge in [-0.3, -0.25) is 0 Å². The molecule has 1 aliphatic heterocycles. The second-order valence-electron chi connectivity index (χ2n) is 6.05. The molecule has 0 aliphatic carbocycles. The molecule has 0 unspecified atom stereocenters. The van der Waals surface area contributed by atoms with E-state index >= 15 is 0 Å². The van der Waals surface area contributed by atoms with E-state index in [1.807, 2.05) is 0 Å². The Morgan fingerprint density at radius 1 is 1.16 bits per heavy atom. The first-order valence-corrected chi connectivity index (χ1v) is 8.69. The Morgan fingerprint density at radius 3 is 2.60 bits per heavy atom. The summed E-state index contributed by atoms with van der Waals surface area (Å²) < 4.78 is 31.0. The number of hydrogen-bond acceptors (Lipinski definition) is 4. The molecule has 1 atom stereocenters. The van der Waals surface area contributed by atoms with Gasteiger partial charge in [0.15, 0.2) is 11.6 Å². The lowest BCUT2D eigenvalue weighted by atomic mass is 9.93. The average molecular weight is 366 g/mol. The molecule has 2 aromatic rings. The fraction of sp³-hybridized carbons (Fsp3) is 0.368. The third-order valence-corrected chi connectivity index (χ3v) is 4.52. The number of hydrogen-bond donors (Lipinski definition) is 1. The standard InChI is InChI=1S/C19H21ClFNO3/c20-14-4-6-15(7-5-14)25-19-16(21)2-1-3-18(19)24-12-17(22)13-8-10-23-11-9-13/h1-7,13,17H,8-12,22H2/t17-/m1/s1. The predicted molar refractivity (Wildman–Crippen MR) is 94.9 cm³/mol. The Balaban J connectivity index is 1.68. The van der Waals surface area contributed by atoms with Gasteiger partial charge < -0.3 is 19.9 Å². The van der Waals surface area contributed by atoms with E-state index in [1.54, 1.807) is 36.4 Å². The lowest BCUT2D eigenvalue weighted by Crippen LogP contribution is -2.39. The Morgan fingerprint density at radius 2 is 1.88 bits per heavy atom. The van der Waals surface area contributed by atoms with Crippen molar-refractivity contribution in [1.82, 2.24) is 0 Å². The SMILES string of the molecule is N[C@H](COc1cccc(F)c1Oc1ccc(Cl)cc1)C1CCOCC1. The molecule has 0 aromatic heterocycles. The molecular weight excluding hydrogens is 345 g/mol. The number of rotatable bonds is 6. The zero-order valence-electron chi connectivity index (χ0n) is 13.8. The molecular formula is C19H21ClFNO3. The lowest BCUT2D eigenvalue weighted by Gasteiger charge is -2.27. The summed E-state index contributed by atoms with van der Waals surface area (Å²) in [5.41, 5.74) is 6.22. The largest absolute Gasteiger partial charge is 0.488 e. The van der Waals surface area contributed by atoms with Crippen LogP contribution in [-0.4, -0.2) is 25.9 Å². The summed E-state index contributed by atoms with van der Waals surface area (Å²) in [6, 6.07) is 11.2. The van der Waals surface area contributed by atoms with Crippen LogP contribution in [-0.2, 0) is 4.74 Å². The van der Waals surface area contributed by atoms with Crippen LogP contribution in [0.1, 0.15) is 12.8 Å². The Hall–Kier alpha value is -1.82. The molecule has 0 radical (unpaired) electrons. The van der Waals surface area contributed by atoms with Gasteiger partial charge in [-0.15, -0.1) is 0 Å². The molecule has 0 bridgehead atoms. The molecule has 1 fully saturated rings. The zero-order valence-corrected chi connectivity index (χ0v) is 14.5. The van der Waals surface area contributed by atoms with Gasteiger partial charge in [-0.2, -0.15) is 0 Å². The molecule has 0 spiro atoms. The third-order valence-electron chi connectivity index (χ3n) is 4.27. The molecule has 2 aromatic carbocycles. The van der Waals surface area contributed by atoms with Crippen molar-refractivity contribution in [3.05, 3.63) is 53.3 Å². The smallest absolute Gasteiger partial charge is 0.204 e. The molecule has 1 aliphatic rings. The maximum absolute atomic E-state index is 14.2. The van der Waals surface area contributed by atoms with E-state index in [9.17, 15) is 4.39 Å². The van der Waals surface area contributed by atoms with Crippen molar-refractivity contribution in [2.24, 2.45) is 11.7 Å². The highest BCUT2D eigenvalue weighted by molar-refractivity contribution is 6.30. The summed E-state index contributed by atoms with van der Waals surface area (Å²) in [7, 11) is 0. The highest BCUT2D eigenvalue weighted by atomic mass is 35.5. The molecule has 1 saturated heterocycles. The fourth-order valence-corrected chi connectivity index (χ4v) is 2.91. The maximum Gasteiger partial charge on any atom is 0.204 e. The quantitative estimate of drug-likeness (QED) is 0.824. The monoisotopic (exact) mass is 365 g/mol. The fourth-order valence-electron chi connectivity index (χ4n) is 2.79. The van der Waals surface area contributed by atoms with Crippen molar-refractivity contribution in [3.63, 3.8) is 0 Å². The van der Waals surface area contributed by atoms with Crippen molar-refractivity contribution in [2.45, 2.75) is 18.9 Å². The van der Waals surface area contributed by atoms with E-state index in [0.717, 1.165) is 26.1 Å². The minimum atomic E-state index is -0.493. The molecule has 0 amide bonds. The van der Waals surface area contributed by atoms with Crippen LogP contribution < -0.4 is 15.2 Å². The second-order valence-corrected chi connectivity index (χ2v) is 6.48. The number of para-hydroxylation sites is 1. The van der Waals surface area contributed by atoms with Crippen LogP contribution in [0.2, 0.25) is 5.02 Å². The molecule has 134 valence electrons. The Kier molecular flexibility index (Phi) is 6.13. The second kappa shape index (κ2) is 8.52. The predicted octanol–water partition coefficient (Wildman–Crippen LogP) is 4.40. The number of benzene rings is 2. The first-order chi connectivity index (χ1) is 12.1. The van der Waals surface area contributed by atoms with Crippen molar-refractivity contribution in [1.29, 1.82) is 0 Å². The Labute approximate surface area is 151 Å². The minimum Gasteiger partial charge on any atom is -0.488 e. The van der Waals surface area contributed by atoms with Crippen molar-refractivity contribution < 1.29 is 18.6 Å². The molecule has 25 heavy (non-hydrogen) atoms. The average Bonchev–Trinajstić information content (AvgIpc) is 2.64. The van der Waals surface area contributed by atoms with E-state index in [4.69, 9.17) is 31.5 Å². The van der Waals surface area contributed by atoms with E-state index in [2.05, 4.69) is 0 Å². The third kappa shape index (κ3) is 4.84. The van der Waals surface area contributed by atoms with E-state index < -0.39 is 5.82 Å². The molecule has 2 N–H and O–H groups in total. The number of nitrogens with two attached hydrogens (primary N) is 1. The van der Waals surface area contributed by atoms with Crippen molar-refractivity contribution in [3.8, 4) is 17.2 Å². The van der Waals surface area contributed by atoms with Gasteiger partial charge in [0.05, 0.1) is 0 Å². The van der Waals surface area contributed by atoms with Gasteiger partial charge in [0.25, 0.3) is 0 Å². The van der Waals surface area contributed by atoms with Gasteiger partial charge in [-0.1, -0.05) is 17.7 Å². The van der Waals surface area contributed by atoms with Crippen LogP contribution in [0, 0.1) is 11.7 Å². The Bertz CT molecular complexity index is 690. The van der Waals surface area contributed by atoms with E-state index in [-0.39, 0.29) is 11.8 Å². The summed E-state index contributed by atoms with van der Waals surface area (Å²) in [5, 5.41) is 0.583. The molecule has 6 heteroatoms. The van der Waals surface area contributed by atoms with Gasteiger partial charge >= 0.3 is 0 Å². The minimum absolute atomic E-state index is 0.0454. The summed E-state index contributed by atoms with van der Waals surface area (Å²) >= 11 is 5.86. The van der Waals surface area contributed by atoms with E-state index in [0.29, 0.717) is 29.0 Å². The van der Waals surface area contributed by atoms with Crippen LogP contribution in [0.15, 0.2) is 42.5 Å². The molecule has 0 saturated carbocycles. The summed E-state index contributed by atoms with van der Waals surface area (Å²) in [6.45, 7) is 1.75. The van der Waals surface area contributed by atoms with E-state index in [1.165, 1.54) is 6.07 Å². The first kappa shape index (κ1) is 18.0. The topological polar surface area (TPSA) is 53.7 Å². The molecule has 4 nitrogen and oxygen atoms in total. The van der Waals surface area contributed by atoms with Crippen molar-refractivity contribution in [2.75, 3.05) is 19.8 Å². The molecule has 3 rings (SSSR count). The maximum atomic E-state index is 14.2. The lowest BCUT2D eigenvalue weighted by molar-refractivity contribution is 0.0520. The van der Waals surface area contributed by atoms with Crippen LogP contribution in [0.4, 0.5) is 4.39 Å². The van der Waals surface area contributed by atoms with Crippen molar-refractivity contribution >= 4 is 11.6 Å². The number of ether oxygens (including phenoxy) is 3. The summed E-state index contributed by atoms with van der Waals surface area (Å²) in [5.74, 6) is 0.713. The summed E-state index contributed by atoms with van der Waals surface area (Å²) in [4.78, 5) is 0. The first-order valence-electron chi connectivity index (χ1n) is 8.31. The van der Waals surface area contributed by atoms with Crippen LogP contribution in [0.5, 0.6) is 17.2 Å². The highest BCUT2D eigenvalue weighted by Crippen LogP contribution is 2.35. The normalized spacial score (nSPS) is 16.4. The highest BCUT2D eigenvalue weighted by Gasteiger charge is 2.22. The number of halogens is 2. The van der Waals surface area contributed by atoms with Crippen LogP contribution in [0.3, 0.4) is 0 Å².